The van der Waals surface area contributed by atoms with Gasteiger partial charge in [0.1, 0.15) is 12.4 Å². The number of rotatable bonds is 6. The van der Waals surface area contributed by atoms with Crippen LogP contribution in [0.15, 0.2) is 47.4 Å². The molecule has 0 radical (unpaired) electrons. The molecule has 0 aliphatic carbocycles. The molecule has 1 N–H and O–H groups in total. The van der Waals surface area contributed by atoms with Crippen LogP contribution in [-0.4, -0.2) is 21.6 Å². The van der Waals surface area contributed by atoms with Gasteiger partial charge < -0.3 is 4.74 Å². The van der Waals surface area contributed by atoms with Crippen LogP contribution >= 0.6 is 11.6 Å². The van der Waals surface area contributed by atoms with Crippen molar-refractivity contribution >= 4 is 21.6 Å². The number of benzene rings is 2. The molecule has 22 heavy (non-hydrogen) atoms. The van der Waals surface area contributed by atoms with E-state index in [2.05, 4.69) is 4.72 Å². The minimum Gasteiger partial charge on any atom is -0.492 e. The molecule has 6 heteroatoms. The molecule has 0 atom stereocenters. The van der Waals surface area contributed by atoms with E-state index in [1.807, 2.05) is 26.0 Å². The number of sulfonamides is 1. The lowest BCUT2D eigenvalue weighted by molar-refractivity contribution is 0.322. The maximum atomic E-state index is 12.1. The quantitative estimate of drug-likeness (QED) is 0.821. The van der Waals surface area contributed by atoms with Gasteiger partial charge in [-0.2, -0.15) is 0 Å². The molecule has 0 amide bonds. The van der Waals surface area contributed by atoms with E-state index in [0.29, 0.717) is 10.8 Å². The molecule has 0 bridgehead atoms. The molecule has 118 valence electrons. The van der Waals surface area contributed by atoms with Gasteiger partial charge in [0.15, 0.2) is 0 Å². The number of hydrogen-bond donors (Lipinski definition) is 1. The Hall–Kier alpha value is -1.56. The highest BCUT2D eigenvalue weighted by Gasteiger charge is 2.13. The molecule has 2 aromatic carbocycles. The SMILES string of the molecule is Cc1cccc(S(=O)(=O)NCCOc2ccc(Cl)c(C)c2)c1. The van der Waals surface area contributed by atoms with Crippen LogP contribution in [0.25, 0.3) is 0 Å². The monoisotopic (exact) mass is 339 g/mol. The summed E-state index contributed by atoms with van der Waals surface area (Å²) in [5.74, 6) is 0.664. The first-order chi connectivity index (χ1) is 10.4. The van der Waals surface area contributed by atoms with Crippen molar-refractivity contribution in [2.75, 3.05) is 13.2 Å². The lowest BCUT2D eigenvalue weighted by atomic mass is 10.2. The summed E-state index contributed by atoms with van der Waals surface area (Å²) < 4.78 is 32.3. The van der Waals surface area contributed by atoms with Crippen molar-refractivity contribution in [1.82, 2.24) is 4.72 Å². The van der Waals surface area contributed by atoms with E-state index in [1.54, 1.807) is 30.3 Å². The van der Waals surface area contributed by atoms with E-state index in [4.69, 9.17) is 16.3 Å². The smallest absolute Gasteiger partial charge is 0.240 e. The summed E-state index contributed by atoms with van der Waals surface area (Å²) in [6, 6.07) is 12.1. The Bertz CT molecular complexity index is 760. The van der Waals surface area contributed by atoms with Crippen LogP contribution in [0, 0.1) is 13.8 Å². The zero-order valence-corrected chi connectivity index (χ0v) is 14.0. The van der Waals surface area contributed by atoms with Gasteiger partial charge >= 0.3 is 0 Å². The van der Waals surface area contributed by atoms with E-state index in [9.17, 15) is 8.42 Å². The van der Waals surface area contributed by atoms with Gasteiger partial charge in [0.05, 0.1) is 4.90 Å². The molecule has 0 saturated carbocycles. The summed E-state index contributed by atoms with van der Waals surface area (Å²) in [6.45, 7) is 4.17. The summed E-state index contributed by atoms with van der Waals surface area (Å²) in [5.41, 5.74) is 1.82. The molecule has 0 aromatic heterocycles. The minimum atomic E-state index is -3.50. The minimum absolute atomic E-state index is 0.192. The van der Waals surface area contributed by atoms with Crippen molar-refractivity contribution in [3.05, 3.63) is 58.6 Å². The maximum absolute atomic E-state index is 12.1. The van der Waals surface area contributed by atoms with Gasteiger partial charge in [-0.15, -0.1) is 0 Å². The molecular formula is C16H18ClNO3S. The third kappa shape index (κ3) is 4.47. The van der Waals surface area contributed by atoms with Gasteiger partial charge in [-0.05, 0) is 55.3 Å². The van der Waals surface area contributed by atoms with Crippen LogP contribution in [0.5, 0.6) is 5.75 Å². The Balaban J connectivity index is 1.89. The van der Waals surface area contributed by atoms with Crippen molar-refractivity contribution in [1.29, 1.82) is 0 Å². The highest BCUT2D eigenvalue weighted by atomic mass is 35.5. The van der Waals surface area contributed by atoms with Gasteiger partial charge in [0.2, 0.25) is 10.0 Å². The van der Waals surface area contributed by atoms with Gasteiger partial charge in [0.25, 0.3) is 0 Å². The van der Waals surface area contributed by atoms with Crippen LogP contribution < -0.4 is 9.46 Å². The fourth-order valence-electron chi connectivity index (χ4n) is 1.92. The molecule has 0 heterocycles. The van der Waals surface area contributed by atoms with Crippen LogP contribution in [0.1, 0.15) is 11.1 Å². The van der Waals surface area contributed by atoms with Crippen molar-refractivity contribution in [3.63, 3.8) is 0 Å². The maximum Gasteiger partial charge on any atom is 0.240 e. The summed E-state index contributed by atoms with van der Waals surface area (Å²) >= 11 is 5.94. The molecule has 0 unspecified atom stereocenters. The lowest BCUT2D eigenvalue weighted by Crippen LogP contribution is -2.28. The van der Waals surface area contributed by atoms with Crippen LogP contribution in [-0.2, 0) is 10.0 Å². The molecule has 2 aromatic rings. The number of hydrogen-bond acceptors (Lipinski definition) is 3. The van der Waals surface area contributed by atoms with Crippen molar-refractivity contribution in [3.8, 4) is 5.75 Å². The molecule has 2 rings (SSSR count). The second-order valence-corrected chi connectivity index (χ2v) is 7.15. The first-order valence-electron chi connectivity index (χ1n) is 6.84. The van der Waals surface area contributed by atoms with E-state index in [-0.39, 0.29) is 18.0 Å². The highest BCUT2D eigenvalue weighted by molar-refractivity contribution is 7.89. The zero-order valence-electron chi connectivity index (χ0n) is 12.5. The number of nitrogens with one attached hydrogen (secondary N) is 1. The fraction of sp³-hybridized carbons (Fsp3) is 0.250. The largest absolute Gasteiger partial charge is 0.492 e. The normalized spacial score (nSPS) is 11.4. The number of halogens is 1. The van der Waals surface area contributed by atoms with Crippen LogP contribution in [0.3, 0.4) is 0 Å². The summed E-state index contributed by atoms with van der Waals surface area (Å²) in [5, 5.41) is 0.674. The standard InChI is InChI=1S/C16H18ClNO3S/c1-12-4-3-5-15(10-12)22(19,20)18-8-9-21-14-6-7-16(17)13(2)11-14/h3-7,10-11,18H,8-9H2,1-2H3. The molecule has 0 aliphatic heterocycles. The third-order valence-corrected chi connectivity index (χ3v) is 4.97. The predicted octanol–water partition coefficient (Wildman–Crippen LogP) is 3.31. The summed E-state index contributed by atoms with van der Waals surface area (Å²) in [6.07, 6.45) is 0. The average molecular weight is 340 g/mol. The van der Waals surface area contributed by atoms with Crippen molar-refractivity contribution < 1.29 is 13.2 Å². The lowest BCUT2D eigenvalue weighted by Gasteiger charge is -2.10. The molecule has 0 aliphatic rings. The van der Waals surface area contributed by atoms with Crippen molar-refractivity contribution in [2.24, 2.45) is 0 Å². The Morgan fingerprint density at radius 3 is 2.59 bits per heavy atom. The predicted molar refractivity (Wildman–Crippen MR) is 88.1 cm³/mol. The van der Waals surface area contributed by atoms with Gasteiger partial charge in [-0.3, -0.25) is 0 Å². The van der Waals surface area contributed by atoms with E-state index < -0.39 is 10.0 Å². The first kappa shape index (κ1) is 16.8. The second kappa shape index (κ2) is 7.13. The third-order valence-electron chi connectivity index (χ3n) is 3.09. The number of ether oxygens (including phenoxy) is 1. The average Bonchev–Trinajstić information content (AvgIpc) is 2.47. The topological polar surface area (TPSA) is 55.4 Å². The van der Waals surface area contributed by atoms with Gasteiger partial charge in [-0.25, -0.2) is 13.1 Å². The molecular weight excluding hydrogens is 322 g/mol. The molecule has 0 spiro atoms. The van der Waals surface area contributed by atoms with E-state index in [0.717, 1.165) is 11.1 Å². The molecule has 4 nitrogen and oxygen atoms in total. The Kier molecular flexibility index (Phi) is 5.45. The zero-order chi connectivity index (χ0) is 16.2. The van der Waals surface area contributed by atoms with Crippen LogP contribution in [0.2, 0.25) is 5.02 Å². The van der Waals surface area contributed by atoms with Crippen molar-refractivity contribution in [2.45, 2.75) is 18.7 Å². The Morgan fingerprint density at radius 2 is 1.91 bits per heavy atom. The number of aryl methyl sites for hydroxylation is 2. The summed E-state index contributed by atoms with van der Waals surface area (Å²) in [4.78, 5) is 0.259. The molecule has 0 saturated heterocycles. The molecule has 0 fully saturated rings. The van der Waals surface area contributed by atoms with E-state index >= 15 is 0 Å². The second-order valence-electron chi connectivity index (χ2n) is 4.97. The fourth-order valence-corrected chi connectivity index (χ4v) is 3.15. The Labute approximate surface area is 136 Å². The van der Waals surface area contributed by atoms with E-state index in [1.165, 1.54) is 0 Å². The highest BCUT2D eigenvalue weighted by Crippen LogP contribution is 2.20. The first-order valence-corrected chi connectivity index (χ1v) is 8.70. The van der Waals surface area contributed by atoms with Gasteiger partial charge in [-0.1, -0.05) is 23.7 Å². The van der Waals surface area contributed by atoms with Gasteiger partial charge in [0, 0.05) is 11.6 Å². The van der Waals surface area contributed by atoms with Crippen LogP contribution in [0.4, 0.5) is 0 Å². The Morgan fingerprint density at radius 1 is 1.14 bits per heavy atom. The summed E-state index contributed by atoms with van der Waals surface area (Å²) in [7, 11) is -3.50.